The molecule has 0 aliphatic heterocycles. The van der Waals surface area contributed by atoms with Crippen molar-refractivity contribution < 1.29 is 45.0 Å². The van der Waals surface area contributed by atoms with Crippen LogP contribution in [0.1, 0.15) is 57.1 Å². The minimum absolute atomic E-state index is 0.0522. The molecule has 0 saturated heterocycles. The van der Waals surface area contributed by atoms with Gasteiger partial charge in [0.05, 0.1) is 59.6 Å². The molecule has 6 aromatic rings. The quantitative estimate of drug-likeness (QED) is 0.107. The number of sulfonamides is 1. The number of alkyl halides is 2. The Labute approximate surface area is 353 Å². The Morgan fingerprint density at radius 3 is 2.25 bits per heavy atom. The SMILES string of the molecule is COc1ccc(CN(c2nn(C)c3c(-n4c([C@H](Cc5cc(F)cc(F)c5)NC(=O)OC(C)(C)C)nc5nc(OCCC(C)(F)F)ccc5c4=O)ccc(Cl)c23)S(C)(=O)=O)cc1. The molecule has 1 N–H and O–H groups in total. The van der Waals surface area contributed by atoms with E-state index in [4.69, 9.17) is 30.8 Å². The molecule has 14 nitrogen and oxygen atoms in total. The number of ether oxygens (including phenoxy) is 3. The average molecular weight is 888 g/mol. The van der Waals surface area contributed by atoms with Crippen LogP contribution in [0.5, 0.6) is 11.6 Å². The standard InChI is InChI=1S/C41H42ClF4N7O7S/c1-40(2,3)60-39(55)47-30(20-24-18-25(43)21-26(44)19-24)36-49-35-28(12-15-32(48-35)59-17-16-41(4,45)46)38(54)53(36)31-14-13-29(42)33-34(31)51(5)50-37(33)52(61(7,56)57)22-23-8-10-27(58-6)11-9-23/h8-15,18-19,21,30H,16-17,20,22H2,1-7H3,(H,47,55)/t30-/m0/s1. The highest BCUT2D eigenvalue weighted by molar-refractivity contribution is 7.92. The van der Waals surface area contributed by atoms with Crippen molar-refractivity contribution in [2.75, 3.05) is 24.3 Å². The minimum Gasteiger partial charge on any atom is -0.497 e. The van der Waals surface area contributed by atoms with Crippen LogP contribution in [0.25, 0.3) is 27.6 Å². The maximum atomic E-state index is 14.9. The summed E-state index contributed by atoms with van der Waals surface area (Å²) in [5.74, 6) is -4.76. The van der Waals surface area contributed by atoms with Gasteiger partial charge in [-0.1, -0.05) is 23.7 Å². The lowest BCUT2D eigenvalue weighted by molar-refractivity contribution is 0.000432. The van der Waals surface area contributed by atoms with Gasteiger partial charge in [0.1, 0.15) is 28.8 Å². The van der Waals surface area contributed by atoms with Crippen LogP contribution in [0.3, 0.4) is 0 Å². The Morgan fingerprint density at radius 1 is 0.967 bits per heavy atom. The van der Waals surface area contributed by atoms with E-state index in [1.807, 2.05) is 0 Å². The number of nitrogens with zero attached hydrogens (tertiary/aromatic N) is 6. The fourth-order valence-corrected chi connectivity index (χ4v) is 7.57. The first-order chi connectivity index (χ1) is 28.5. The summed E-state index contributed by atoms with van der Waals surface area (Å²) < 4.78 is 103. The second-order valence-electron chi connectivity index (χ2n) is 15.3. The molecule has 0 bridgehead atoms. The van der Waals surface area contributed by atoms with Crippen molar-refractivity contribution >= 4 is 55.5 Å². The largest absolute Gasteiger partial charge is 0.497 e. The maximum absolute atomic E-state index is 14.9. The van der Waals surface area contributed by atoms with Gasteiger partial charge in [-0.3, -0.25) is 14.0 Å². The number of hydrogen-bond donors (Lipinski definition) is 1. The van der Waals surface area contributed by atoms with Crippen LogP contribution in [-0.2, 0) is 34.8 Å². The summed E-state index contributed by atoms with van der Waals surface area (Å²) in [6.07, 6.45) is -0.960. The van der Waals surface area contributed by atoms with Gasteiger partial charge in [-0.15, -0.1) is 0 Å². The first-order valence-electron chi connectivity index (χ1n) is 18.7. The molecule has 6 rings (SSSR count). The van der Waals surface area contributed by atoms with Gasteiger partial charge < -0.3 is 19.5 Å². The fraction of sp³-hybridized carbons (Fsp3) is 0.341. The topological polar surface area (TPSA) is 160 Å². The minimum atomic E-state index is -4.05. The van der Waals surface area contributed by atoms with Gasteiger partial charge in [-0.05, 0) is 81.3 Å². The van der Waals surface area contributed by atoms with Gasteiger partial charge in [0.15, 0.2) is 11.5 Å². The molecule has 1 atom stereocenters. The Kier molecular flexibility index (Phi) is 12.6. The smallest absolute Gasteiger partial charge is 0.408 e. The molecule has 0 fully saturated rings. The molecule has 0 aliphatic carbocycles. The predicted molar refractivity (Wildman–Crippen MR) is 221 cm³/mol. The summed E-state index contributed by atoms with van der Waals surface area (Å²) in [7, 11) is -1.04. The van der Waals surface area contributed by atoms with Crippen LogP contribution in [0.4, 0.5) is 28.2 Å². The normalized spacial score (nSPS) is 12.7. The van der Waals surface area contributed by atoms with E-state index in [2.05, 4.69) is 15.4 Å². The molecule has 324 valence electrons. The van der Waals surface area contributed by atoms with E-state index in [0.717, 1.165) is 34.2 Å². The molecular formula is C41H42ClF4N7O7S. The van der Waals surface area contributed by atoms with Gasteiger partial charge in [-0.25, -0.2) is 40.1 Å². The number of aromatic nitrogens is 5. The van der Waals surface area contributed by atoms with E-state index in [0.29, 0.717) is 17.4 Å². The first kappa shape index (κ1) is 44.6. The number of fused-ring (bicyclic) bond motifs is 2. The van der Waals surface area contributed by atoms with Crippen molar-refractivity contribution in [1.29, 1.82) is 0 Å². The van der Waals surface area contributed by atoms with Crippen LogP contribution < -0.4 is 24.7 Å². The summed E-state index contributed by atoms with van der Waals surface area (Å²) in [6, 6.07) is 13.6. The van der Waals surface area contributed by atoms with Crippen molar-refractivity contribution in [2.24, 2.45) is 7.05 Å². The van der Waals surface area contributed by atoms with Crippen LogP contribution >= 0.6 is 11.6 Å². The van der Waals surface area contributed by atoms with Crippen LogP contribution in [-0.4, -0.2) is 70.3 Å². The van der Waals surface area contributed by atoms with E-state index >= 15 is 0 Å². The molecule has 3 aromatic heterocycles. The van der Waals surface area contributed by atoms with Crippen LogP contribution in [0, 0.1) is 11.6 Å². The van der Waals surface area contributed by atoms with Crippen LogP contribution in [0.15, 0.2) is 71.5 Å². The van der Waals surface area contributed by atoms with Crippen molar-refractivity contribution in [3.8, 4) is 17.3 Å². The number of hydrogen-bond acceptors (Lipinski definition) is 10. The summed E-state index contributed by atoms with van der Waals surface area (Å²) in [4.78, 5) is 37.5. The molecule has 1 amide bonds. The van der Waals surface area contributed by atoms with Gasteiger partial charge in [0, 0.05) is 32.0 Å². The number of alkyl carbamates (subject to hydrolysis) is 1. The zero-order valence-corrected chi connectivity index (χ0v) is 35.7. The maximum Gasteiger partial charge on any atom is 0.408 e. The molecule has 0 spiro atoms. The molecule has 20 heteroatoms. The summed E-state index contributed by atoms with van der Waals surface area (Å²) >= 11 is 6.85. The third-order valence-electron chi connectivity index (χ3n) is 9.15. The Bertz CT molecular complexity index is 2770. The van der Waals surface area contributed by atoms with Gasteiger partial charge in [-0.2, -0.15) is 10.1 Å². The highest BCUT2D eigenvalue weighted by Crippen LogP contribution is 2.38. The summed E-state index contributed by atoms with van der Waals surface area (Å²) in [6.45, 7) is 5.00. The molecule has 0 radical (unpaired) electrons. The van der Waals surface area contributed by atoms with Gasteiger partial charge in [0.2, 0.25) is 21.8 Å². The molecule has 0 saturated carbocycles. The highest BCUT2D eigenvalue weighted by atomic mass is 35.5. The number of methoxy groups -OCH3 is 1. The highest BCUT2D eigenvalue weighted by Gasteiger charge is 2.31. The van der Waals surface area contributed by atoms with Gasteiger partial charge in [0.25, 0.3) is 5.56 Å². The number of carbonyl (C=O) groups excluding carboxylic acids is 1. The Hall–Kier alpha value is -5.95. The Balaban J connectivity index is 1.62. The lowest BCUT2D eigenvalue weighted by atomic mass is 10.0. The van der Waals surface area contributed by atoms with E-state index in [1.54, 1.807) is 45.0 Å². The molecule has 3 aromatic carbocycles. The molecule has 0 aliphatic rings. The zero-order chi connectivity index (χ0) is 44.6. The third-order valence-corrected chi connectivity index (χ3v) is 10.6. The van der Waals surface area contributed by atoms with Crippen molar-refractivity contribution in [3.63, 3.8) is 0 Å². The second-order valence-corrected chi connectivity index (χ2v) is 17.6. The van der Waals surface area contributed by atoms with E-state index in [-0.39, 0.29) is 68.7 Å². The summed E-state index contributed by atoms with van der Waals surface area (Å²) in [5.41, 5.74) is -1.17. The Morgan fingerprint density at radius 2 is 1.64 bits per heavy atom. The van der Waals surface area contributed by atoms with Crippen molar-refractivity contribution in [3.05, 3.63) is 111 Å². The number of benzene rings is 3. The number of carbonyl (C=O) groups is 1. The third kappa shape index (κ3) is 10.5. The lowest BCUT2D eigenvalue weighted by Gasteiger charge is -2.26. The number of halogens is 5. The predicted octanol–water partition coefficient (Wildman–Crippen LogP) is 7.81. The number of rotatable bonds is 14. The van der Waals surface area contributed by atoms with E-state index in [1.165, 1.54) is 43.1 Å². The molecule has 3 heterocycles. The molecular weight excluding hydrogens is 846 g/mol. The number of aryl methyl sites for hydroxylation is 1. The van der Waals surface area contributed by atoms with E-state index < -0.39 is 63.9 Å². The zero-order valence-electron chi connectivity index (χ0n) is 34.1. The average Bonchev–Trinajstić information content (AvgIpc) is 3.49. The van der Waals surface area contributed by atoms with Crippen molar-refractivity contribution in [2.45, 2.75) is 64.6 Å². The number of nitrogens with one attached hydrogen (secondary N) is 1. The van der Waals surface area contributed by atoms with Crippen molar-refractivity contribution in [1.82, 2.24) is 29.6 Å². The first-order valence-corrected chi connectivity index (χ1v) is 20.9. The van der Waals surface area contributed by atoms with Crippen LogP contribution in [0.2, 0.25) is 5.02 Å². The molecule has 0 unspecified atom stereocenters. The monoisotopic (exact) mass is 887 g/mol. The number of anilines is 1. The summed E-state index contributed by atoms with van der Waals surface area (Å²) in [5, 5.41) is 7.37. The number of amides is 1. The molecule has 61 heavy (non-hydrogen) atoms. The number of pyridine rings is 1. The second kappa shape index (κ2) is 17.2. The van der Waals surface area contributed by atoms with E-state index in [9.17, 15) is 35.6 Å². The van der Waals surface area contributed by atoms with Gasteiger partial charge >= 0.3 is 6.09 Å². The fourth-order valence-electron chi connectivity index (χ4n) is 6.51. The lowest BCUT2D eigenvalue weighted by Crippen LogP contribution is -2.39.